The molecule has 0 fully saturated rings. The minimum atomic E-state index is -3.54. The average Bonchev–Trinajstić information content (AvgIpc) is 2.61. The molecule has 1 aliphatic heterocycles. The van der Waals surface area contributed by atoms with E-state index in [9.17, 15) is 8.42 Å². The fourth-order valence-electron chi connectivity index (χ4n) is 3.62. The van der Waals surface area contributed by atoms with Gasteiger partial charge in [0.05, 0.1) is 4.90 Å². The molecule has 2 aromatic rings. The molecule has 0 saturated heterocycles. The van der Waals surface area contributed by atoms with Crippen LogP contribution in [0.4, 0.5) is 5.69 Å². The highest BCUT2D eigenvalue weighted by molar-refractivity contribution is 7.89. The summed E-state index contributed by atoms with van der Waals surface area (Å²) in [5, 5.41) is 1.48. The largest absolute Gasteiger partial charge is 0.398 e. The van der Waals surface area contributed by atoms with Crippen LogP contribution in [0, 0.1) is 0 Å². The molecule has 24 heavy (non-hydrogen) atoms. The van der Waals surface area contributed by atoms with Crippen LogP contribution in [0.3, 0.4) is 0 Å². The van der Waals surface area contributed by atoms with Gasteiger partial charge in [0.15, 0.2) is 0 Å². The van der Waals surface area contributed by atoms with Crippen LogP contribution in [-0.2, 0) is 10.0 Å². The Labute approximate surface area is 142 Å². The van der Waals surface area contributed by atoms with E-state index in [1.807, 2.05) is 12.1 Å². The van der Waals surface area contributed by atoms with Crippen LogP contribution in [0.2, 0.25) is 0 Å². The Bertz CT molecular complexity index is 974. The molecule has 2 aliphatic rings. The fraction of sp³-hybridized carbons (Fsp3) is 0.263. The minimum absolute atomic E-state index is 0.350. The van der Waals surface area contributed by atoms with Crippen LogP contribution in [0.5, 0.6) is 0 Å². The van der Waals surface area contributed by atoms with Gasteiger partial charge in [-0.3, -0.25) is 0 Å². The maximum absolute atomic E-state index is 13.2. The van der Waals surface area contributed by atoms with Crippen LogP contribution in [0.1, 0.15) is 19.3 Å². The molecule has 1 aliphatic carbocycles. The van der Waals surface area contributed by atoms with Gasteiger partial charge in [0.25, 0.3) is 0 Å². The molecule has 1 heterocycles. The van der Waals surface area contributed by atoms with Crippen molar-refractivity contribution >= 4 is 26.5 Å². The van der Waals surface area contributed by atoms with Crippen molar-refractivity contribution < 1.29 is 8.42 Å². The van der Waals surface area contributed by atoms with Gasteiger partial charge in [-0.25, -0.2) is 8.42 Å². The van der Waals surface area contributed by atoms with E-state index in [-0.39, 0.29) is 0 Å². The lowest BCUT2D eigenvalue weighted by Gasteiger charge is -2.31. The molecular formula is C19H20N2O2S. The van der Waals surface area contributed by atoms with Gasteiger partial charge in [0.1, 0.15) is 0 Å². The van der Waals surface area contributed by atoms with Crippen LogP contribution >= 0.6 is 0 Å². The van der Waals surface area contributed by atoms with Gasteiger partial charge in [0.2, 0.25) is 10.0 Å². The van der Waals surface area contributed by atoms with E-state index in [0.29, 0.717) is 29.1 Å². The molecule has 0 spiro atoms. The van der Waals surface area contributed by atoms with E-state index in [1.165, 1.54) is 11.1 Å². The summed E-state index contributed by atoms with van der Waals surface area (Å²) in [6.07, 6.45) is 6.97. The molecule has 0 saturated carbocycles. The molecule has 0 aromatic heterocycles. The standard InChI is InChI=1S/C19H20N2O2S/c20-18-9-3-8-17-16(18)7-4-10-19(17)24(22,23)21-12-11-14-5-1-2-6-15(14)13-21/h1-4,7-10H,5-6,11-13,20H2. The average molecular weight is 340 g/mol. The van der Waals surface area contributed by atoms with Crippen LogP contribution in [0.25, 0.3) is 10.8 Å². The second-order valence-electron chi connectivity index (χ2n) is 6.37. The number of rotatable bonds is 2. The third-order valence-electron chi connectivity index (χ3n) is 4.96. The molecule has 2 N–H and O–H groups in total. The smallest absolute Gasteiger partial charge is 0.243 e. The number of sulfonamides is 1. The van der Waals surface area contributed by atoms with Crippen molar-refractivity contribution in [2.75, 3.05) is 18.8 Å². The molecule has 4 rings (SSSR count). The molecule has 4 nitrogen and oxygen atoms in total. The van der Waals surface area contributed by atoms with Gasteiger partial charge in [-0.05, 0) is 31.4 Å². The lowest BCUT2D eigenvalue weighted by atomic mass is 9.92. The summed E-state index contributed by atoms with van der Waals surface area (Å²) >= 11 is 0. The Kier molecular flexibility index (Phi) is 3.70. The van der Waals surface area contributed by atoms with Crippen LogP contribution in [-0.4, -0.2) is 25.8 Å². The summed E-state index contributed by atoms with van der Waals surface area (Å²) in [6, 6.07) is 10.7. The normalized spacial score (nSPS) is 18.8. The van der Waals surface area contributed by atoms with Gasteiger partial charge in [-0.15, -0.1) is 0 Å². The minimum Gasteiger partial charge on any atom is -0.398 e. The number of hydrogen-bond donors (Lipinski definition) is 1. The molecule has 0 atom stereocenters. The fourth-order valence-corrected chi connectivity index (χ4v) is 5.26. The Morgan fingerprint density at radius 2 is 1.62 bits per heavy atom. The third-order valence-corrected chi connectivity index (χ3v) is 6.86. The van der Waals surface area contributed by atoms with Gasteiger partial charge in [-0.1, -0.05) is 47.6 Å². The highest BCUT2D eigenvalue weighted by Crippen LogP contribution is 2.33. The van der Waals surface area contributed by atoms with E-state index < -0.39 is 10.0 Å². The zero-order valence-corrected chi connectivity index (χ0v) is 14.2. The predicted molar refractivity (Wildman–Crippen MR) is 97.1 cm³/mol. The molecular weight excluding hydrogens is 320 g/mol. The van der Waals surface area contributed by atoms with Gasteiger partial charge >= 0.3 is 0 Å². The lowest BCUT2D eigenvalue weighted by molar-refractivity contribution is 0.415. The predicted octanol–water partition coefficient (Wildman–Crippen LogP) is 3.46. The van der Waals surface area contributed by atoms with Crippen molar-refractivity contribution in [1.29, 1.82) is 0 Å². The molecule has 0 bridgehead atoms. The molecule has 0 amide bonds. The summed E-state index contributed by atoms with van der Waals surface area (Å²) in [5.74, 6) is 0. The third kappa shape index (κ3) is 2.44. The second kappa shape index (κ2) is 5.76. The van der Waals surface area contributed by atoms with Gasteiger partial charge in [-0.2, -0.15) is 4.31 Å². The van der Waals surface area contributed by atoms with Gasteiger partial charge < -0.3 is 5.73 Å². The number of nitrogen functional groups attached to an aromatic ring is 1. The Balaban J connectivity index is 1.77. The van der Waals surface area contributed by atoms with Gasteiger partial charge in [0, 0.05) is 29.5 Å². The maximum Gasteiger partial charge on any atom is 0.243 e. The Hall–Kier alpha value is -2.11. The molecule has 0 radical (unpaired) electrons. The molecule has 5 heteroatoms. The monoisotopic (exact) mass is 340 g/mol. The topological polar surface area (TPSA) is 63.4 Å². The zero-order valence-electron chi connectivity index (χ0n) is 13.4. The first kappa shape index (κ1) is 15.4. The quantitative estimate of drug-likeness (QED) is 0.672. The summed E-state index contributed by atoms with van der Waals surface area (Å²) in [6.45, 7) is 1.05. The van der Waals surface area contributed by atoms with Crippen molar-refractivity contribution in [2.45, 2.75) is 24.2 Å². The number of fused-ring (bicyclic) bond motifs is 1. The number of anilines is 1. The summed E-state index contributed by atoms with van der Waals surface area (Å²) in [5.41, 5.74) is 9.28. The van der Waals surface area contributed by atoms with E-state index in [2.05, 4.69) is 12.2 Å². The van der Waals surface area contributed by atoms with E-state index >= 15 is 0 Å². The summed E-state index contributed by atoms with van der Waals surface area (Å²) in [4.78, 5) is 0.350. The van der Waals surface area contributed by atoms with Crippen LogP contribution in [0.15, 0.2) is 64.6 Å². The number of nitrogens with two attached hydrogens (primary N) is 1. The molecule has 124 valence electrons. The molecule has 0 unspecified atom stereocenters. The first-order valence-electron chi connectivity index (χ1n) is 8.19. The number of nitrogens with zero attached hydrogens (tertiary/aromatic N) is 1. The van der Waals surface area contributed by atoms with E-state index in [0.717, 1.165) is 24.6 Å². The van der Waals surface area contributed by atoms with Crippen LogP contribution < -0.4 is 5.73 Å². The first-order chi connectivity index (χ1) is 11.6. The molecule has 2 aromatic carbocycles. The summed E-state index contributed by atoms with van der Waals surface area (Å²) < 4.78 is 28.1. The second-order valence-corrected chi connectivity index (χ2v) is 8.28. The van der Waals surface area contributed by atoms with Crippen molar-refractivity contribution in [3.8, 4) is 0 Å². The highest BCUT2D eigenvalue weighted by Gasteiger charge is 2.30. The number of benzene rings is 2. The van der Waals surface area contributed by atoms with Crippen molar-refractivity contribution in [3.05, 3.63) is 59.7 Å². The highest BCUT2D eigenvalue weighted by atomic mass is 32.2. The summed E-state index contributed by atoms with van der Waals surface area (Å²) in [7, 11) is -3.54. The Morgan fingerprint density at radius 3 is 2.46 bits per heavy atom. The van der Waals surface area contributed by atoms with E-state index in [1.54, 1.807) is 28.6 Å². The van der Waals surface area contributed by atoms with Crippen molar-refractivity contribution in [2.24, 2.45) is 0 Å². The Morgan fingerprint density at radius 1 is 0.917 bits per heavy atom. The maximum atomic E-state index is 13.2. The van der Waals surface area contributed by atoms with Crippen molar-refractivity contribution in [1.82, 2.24) is 4.31 Å². The number of allylic oxidation sites excluding steroid dienone is 2. The lowest BCUT2D eigenvalue weighted by Crippen LogP contribution is -2.37. The number of hydrogen-bond acceptors (Lipinski definition) is 3. The first-order valence-corrected chi connectivity index (χ1v) is 9.63. The van der Waals surface area contributed by atoms with E-state index in [4.69, 9.17) is 5.73 Å². The van der Waals surface area contributed by atoms with Crippen molar-refractivity contribution in [3.63, 3.8) is 0 Å². The zero-order chi connectivity index (χ0) is 16.7. The SMILES string of the molecule is Nc1cccc2c(S(=O)(=O)N3CCC4=C(CC=CC4)C3)cccc12.